The van der Waals surface area contributed by atoms with E-state index in [0.29, 0.717) is 5.56 Å². The molecule has 0 aliphatic rings. The maximum absolute atomic E-state index is 12.2. The van der Waals surface area contributed by atoms with Crippen LogP contribution in [0.2, 0.25) is 0 Å². The van der Waals surface area contributed by atoms with Crippen LogP contribution >= 0.6 is 0 Å². The molecule has 114 valence electrons. The van der Waals surface area contributed by atoms with Gasteiger partial charge in [-0.25, -0.2) is 0 Å². The number of para-hydroxylation sites is 1. The van der Waals surface area contributed by atoms with Gasteiger partial charge in [-0.3, -0.25) is 4.21 Å². The maximum atomic E-state index is 12.2. The van der Waals surface area contributed by atoms with Gasteiger partial charge in [0.15, 0.2) is 6.61 Å². The van der Waals surface area contributed by atoms with E-state index in [-0.39, 0.29) is 17.5 Å². The zero-order valence-electron chi connectivity index (χ0n) is 11.0. The van der Waals surface area contributed by atoms with Crippen LogP contribution in [0.4, 0.5) is 13.2 Å². The van der Waals surface area contributed by atoms with Gasteiger partial charge in [-0.05, 0) is 6.07 Å². The van der Waals surface area contributed by atoms with Crippen LogP contribution < -0.4 is 4.74 Å². The van der Waals surface area contributed by atoms with Crippen molar-refractivity contribution >= 4 is 10.8 Å². The lowest BCUT2D eigenvalue weighted by Crippen LogP contribution is -2.20. The molecule has 0 spiro atoms. The molecule has 1 heterocycles. The van der Waals surface area contributed by atoms with Crippen LogP contribution in [0.5, 0.6) is 5.75 Å². The fourth-order valence-corrected chi connectivity index (χ4v) is 2.30. The van der Waals surface area contributed by atoms with E-state index in [0.717, 1.165) is 0 Å². The topological polar surface area (TPSA) is 57.0 Å². The van der Waals surface area contributed by atoms with E-state index < -0.39 is 23.6 Å². The highest BCUT2D eigenvalue weighted by Crippen LogP contribution is 2.23. The van der Waals surface area contributed by atoms with Crippen LogP contribution in [0.15, 0.2) is 35.7 Å². The summed E-state index contributed by atoms with van der Waals surface area (Å²) in [5.74, 6) is 0.122. The second-order valence-corrected chi connectivity index (χ2v) is 5.48. The fourth-order valence-electron chi connectivity index (χ4n) is 1.69. The summed E-state index contributed by atoms with van der Waals surface area (Å²) in [4.78, 5) is 0. The first-order valence-electron chi connectivity index (χ1n) is 5.85. The van der Waals surface area contributed by atoms with E-state index in [1.54, 1.807) is 18.2 Å². The summed E-state index contributed by atoms with van der Waals surface area (Å²) in [6, 6.07) is 6.35. The second kappa shape index (κ2) is 6.25. The van der Waals surface area contributed by atoms with Gasteiger partial charge in [-0.15, -0.1) is 10.2 Å². The van der Waals surface area contributed by atoms with Crippen molar-refractivity contribution in [3.8, 4) is 5.75 Å². The van der Waals surface area contributed by atoms with Crippen molar-refractivity contribution in [2.75, 3.05) is 12.9 Å². The van der Waals surface area contributed by atoms with Crippen LogP contribution in [0.1, 0.15) is 5.56 Å². The number of alkyl halides is 3. The minimum atomic E-state index is -4.40. The van der Waals surface area contributed by atoms with E-state index in [1.165, 1.54) is 23.2 Å². The van der Waals surface area contributed by atoms with Crippen molar-refractivity contribution in [1.82, 2.24) is 14.8 Å². The summed E-state index contributed by atoms with van der Waals surface area (Å²) in [7, 11) is -1.34. The SMILES string of the molecule is C[S@@](=O)c1nncn1Cc1ccccc1OCC(F)(F)F. The molecule has 0 aliphatic heterocycles. The standard InChI is InChI=1S/C12H12F3N3O2S/c1-21(19)11-17-16-8-18(11)6-9-4-2-3-5-10(9)20-7-12(13,14)15/h2-5,8H,6-7H2,1H3/t21-/m1/s1. The monoisotopic (exact) mass is 319 g/mol. The van der Waals surface area contributed by atoms with Crippen molar-refractivity contribution in [2.24, 2.45) is 0 Å². The van der Waals surface area contributed by atoms with Gasteiger partial charge in [0.05, 0.1) is 17.3 Å². The highest BCUT2D eigenvalue weighted by Gasteiger charge is 2.28. The molecule has 0 unspecified atom stereocenters. The lowest BCUT2D eigenvalue weighted by molar-refractivity contribution is -0.153. The van der Waals surface area contributed by atoms with E-state index in [2.05, 4.69) is 10.2 Å². The van der Waals surface area contributed by atoms with Crippen molar-refractivity contribution < 1.29 is 22.1 Å². The lowest BCUT2D eigenvalue weighted by Gasteiger charge is -2.13. The van der Waals surface area contributed by atoms with Crippen LogP contribution in [0, 0.1) is 0 Å². The zero-order chi connectivity index (χ0) is 15.5. The molecular weight excluding hydrogens is 307 g/mol. The van der Waals surface area contributed by atoms with Gasteiger partial charge >= 0.3 is 6.18 Å². The third-order valence-electron chi connectivity index (χ3n) is 2.54. The summed E-state index contributed by atoms with van der Waals surface area (Å²) >= 11 is 0. The molecule has 1 aromatic carbocycles. The summed E-state index contributed by atoms with van der Waals surface area (Å²) in [5.41, 5.74) is 0.522. The molecule has 2 aromatic rings. The predicted octanol–water partition coefficient (Wildman–Crippen LogP) is 2.00. The number of aromatic nitrogens is 3. The number of hydrogen-bond acceptors (Lipinski definition) is 4. The summed E-state index contributed by atoms with van der Waals surface area (Å²) in [6.07, 6.45) is -1.58. The number of rotatable bonds is 5. The van der Waals surface area contributed by atoms with E-state index in [1.807, 2.05) is 0 Å². The minimum absolute atomic E-state index is 0.122. The van der Waals surface area contributed by atoms with Gasteiger partial charge in [0.2, 0.25) is 5.16 Å². The van der Waals surface area contributed by atoms with Crippen LogP contribution in [-0.4, -0.2) is 38.0 Å². The average Bonchev–Trinajstić information content (AvgIpc) is 2.85. The molecule has 0 fully saturated rings. The molecule has 2 rings (SSSR count). The number of nitrogens with zero attached hydrogens (tertiary/aromatic N) is 3. The molecule has 0 aliphatic carbocycles. The molecule has 0 N–H and O–H groups in total. The molecule has 1 aromatic heterocycles. The molecule has 0 saturated heterocycles. The Balaban J connectivity index is 2.20. The summed E-state index contributed by atoms with van der Waals surface area (Å²) in [5, 5.41) is 7.62. The highest BCUT2D eigenvalue weighted by molar-refractivity contribution is 7.84. The first kappa shape index (κ1) is 15.5. The Morgan fingerprint density at radius 2 is 2.05 bits per heavy atom. The first-order chi connectivity index (χ1) is 9.87. The Bertz CT molecular complexity index is 643. The van der Waals surface area contributed by atoms with Gasteiger partial charge in [0.25, 0.3) is 0 Å². The Morgan fingerprint density at radius 3 is 2.71 bits per heavy atom. The fraction of sp³-hybridized carbons (Fsp3) is 0.333. The van der Waals surface area contributed by atoms with Crippen LogP contribution in [-0.2, 0) is 17.3 Å². The molecular formula is C12H12F3N3O2S. The molecule has 21 heavy (non-hydrogen) atoms. The third-order valence-corrected chi connectivity index (χ3v) is 3.37. The van der Waals surface area contributed by atoms with Gasteiger partial charge in [0.1, 0.15) is 12.1 Å². The van der Waals surface area contributed by atoms with E-state index in [4.69, 9.17) is 4.74 Å². The molecule has 0 bridgehead atoms. The van der Waals surface area contributed by atoms with Gasteiger partial charge in [0, 0.05) is 11.8 Å². The van der Waals surface area contributed by atoms with Gasteiger partial charge < -0.3 is 9.30 Å². The lowest BCUT2D eigenvalue weighted by atomic mass is 10.2. The van der Waals surface area contributed by atoms with Crippen molar-refractivity contribution in [3.63, 3.8) is 0 Å². The second-order valence-electron chi connectivity index (χ2n) is 4.21. The Morgan fingerprint density at radius 1 is 1.33 bits per heavy atom. The number of hydrogen-bond donors (Lipinski definition) is 0. The molecule has 1 atom stereocenters. The van der Waals surface area contributed by atoms with Crippen molar-refractivity contribution in [2.45, 2.75) is 17.9 Å². The predicted molar refractivity (Wildman–Crippen MR) is 69.4 cm³/mol. The molecule has 0 radical (unpaired) electrons. The van der Waals surface area contributed by atoms with Gasteiger partial charge in [-0.1, -0.05) is 18.2 Å². The third kappa shape index (κ3) is 4.28. The van der Waals surface area contributed by atoms with E-state index >= 15 is 0 Å². The van der Waals surface area contributed by atoms with Crippen molar-refractivity contribution in [1.29, 1.82) is 0 Å². The highest BCUT2D eigenvalue weighted by atomic mass is 32.2. The molecule has 0 saturated carbocycles. The van der Waals surface area contributed by atoms with E-state index in [9.17, 15) is 17.4 Å². The molecule has 0 amide bonds. The molecule has 5 nitrogen and oxygen atoms in total. The quantitative estimate of drug-likeness (QED) is 0.846. The zero-order valence-corrected chi connectivity index (χ0v) is 11.8. The van der Waals surface area contributed by atoms with Crippen LogP contribution in [0.3, 0.4) is 0 Å². The number of ether oxygens (including phenoxy) is 1. The van der Waals surface area contributed by atoms with Crippen LogP contribution in [0.25, 0.3) is 0 Å². The largest absolute Gasteiger partial charge is 0.484 e. The maximum Gasteiger partial charge on any atom is 0.422 e. The Kier molecular flexibility index (Phi) is 4.61. The summed E-state index contributed by atoms with van der Waals surface area (Å²) < 4.78 is 54.5. The normalized spacial score (nSPS) is 13.1. The number of benzene rings is 1. The summed E-state index contributed by atoms with van der Waals surface area (Å²) in [6.45, 7) is -1.19. The number of halogens is 3. The van der Waals surface area contributed by atoms with Crippen molar-refractivity contribution in [3.05, 3.63) is 36.2 Å². The van der Waals surface area contributed by atoms with Gasteiger partial charge in [-0.2, -0.15) is 13.2 Å². The first-order valence-corrected chi connectivity index (χ1v) is 7.41. The average molecular weight is 319 g/mol. The minimum Gasteiger partial charge on any atom is -0.484 e. The molecule has 9 heteroatoms. The smallest absolute Gasteiger partial charge is 0.422 e. The Labute approximate surface area is 121 Å². The Hall–Kier alpha value is -1.90.